The summed E-state index contributed by atoms with van der Waals surface area (Å²) in [5, 5.41) is 5.63. The topological polar surface area (TPSA) is 95.6 Å². The van der Waals surface area contributed by atoms with Crippen LogP contribution in [0, 0.1) is 13.8 Å². The third kappa shape index (κ3) is 4.32. The summed E-state index contributed by atoms with van der Waals surface area (Å²) in [5.74, 6) is -1.39. The van der Waals surface area contributed by atoms with E-state index < -0.39 is 11.8 Å². The van der Waals surface area contributed by atoms with Crippen LogP contribution in [0.15, 0.2) is 60.7 Å². The van der Waals surface area contributed by atoms with Crippen molar-refractivity contribution in [3.05, 3.63) is 94.0 Å². The SMILES string of the molecule is CC(=O)Nc1cccc(C(C)NC(=O)c2ccc3c(c2)C(=O)N(c2cc(C)ccc2C)C3=O)c1. The van der Waals surface area contributed by atoms with Crippen LogP contribution in [0.3, 0.4) is 0 Å². The lowest BCUT2D eigenvalue weighted by atomic mass is 10.0. The number of nitrogens with zero attached hydrogens (tertiary/aromatic N) is 1. The number of fused-ring (bicyclic) bond motifs is 1. The van der Waals surface area contributed by atoms with Crippen LogP contribution < -0.4 is 15.5 Å². The van der Waals surface area contributed by atoms with Gasteiger partial charge in [0.1, 0.15) is 0 Å². The van der Waals surface area contributed by atoms with Crippen molar-refractivity contribution in [2.75, 3.05) is 10.2 Å². The van der Waals surface area contributed by atoms with Gasteiger partial charge in [0, 0.05) is 18.2 Å². The van der Waals surface area contributed by atoms with Gasteiger partial charge in [-0.05, 0) is 73.9 Å². The Morgan fingerprint density at radius 1 is 0.882 bits per heavy atom. The fraction of sp³-hybridized carbons (Fsp3) is 0.185. The first-order valence-corrected chi connectivity index (χ1v) is 10.9. The number of nitrogens with one attached hydrogen (secondary N) is 2. The fourth-order valence-electron chi connectivity index (χ4n) is 4.01. The minimum absolute atomic E-state index is 0.180. The van der Waals surface area contributed by atoms with Crippen molar-refractivity contribution in [1.29, 1.82) is 0 Å². The Morgan fingerprint density at radius 3 is 2.35 bits per heavy atom. The van der Waals surface area contributed by atoms with E-state index in [1.54, 1.807) is 30.3 Å². The first-order valence-electron chi connectivity index (χ1n) is 10.9. The van der Waals surface area contributed by atoms with Gasteiger partial charge in [-0.25, -0.2) is 4.90 Å². The van der Waals surface area contributed by atoms with Crippen LogP contribution in [0.2, 0.25) is 0 Å². The van der Waals surface area contributed by atoms with Crippen LogP contribution in [0.1, 0.15) is 67.7 Å². The molecule has 3 aromatic rings. The van der Waals surface area contributed by atoms with Gasteiger partial charge in [-0.2, -0.15) is 0 Å². The van der Waals surface area contributed by atoms with Crippen molar-refractivity contribution >= 4 is 35.0 Å². The standard InChI is InChI=1S/C27H25N3O4/c1-15-8-9-16(2)24(12-15)30-26(33)22-11-10-20(14-23(22)27(30)34)25(32)28-17(3)19-6-5-7-21(13-19)29-18(4)31/h5-14,17H,1-4H3,(H,28,32)(H,29,31). The Labute approximate surface area is 197 Å². The molecule has 1 atom stereocenters. The summed E-state index contributed by atoms with van der Waals surface area (Å²) in [6.07, 6.45) is 0. The molecule has 0 radical (unpaired) electrons. The Balaban J connectivity index is 1.56. The van der Waals surface area contributed by atoms with Crippen molar-refractivity contribution in [2.45, 2.75) is 33.7 Å². The molecule has 0 saturated heterocycles. The van der Waals surface area contributed by atoms with Crippen LogP contribution in [0.25, 0.3) is 0 Å². The quantitative estimate of drug-likeness (QED) is 0.552. The summed E-state index contributed by atoms with van der Waals surface area (Å²) in [4.78, 5) is 51.6. The molecule has 172 valence electrons. The van der Waals surface area contributed by atoms with Crippen molar-refractivity contribution < 1.29 is 19.2 Å². The lowest BCUT2D eigenvalue weighted by Crippen LogP contribution is -2.30. The van der Waals surface area contributed by atoms with Gasteiger partial charge in [0.15, 0.2) is 0 Å². The van der Waals surface area contributed by atoms with E-state index in [1.165, 1.54) is 24.0 Å². The van der Waals surface area contributed by atoms with E-state index in [0.717, 1.165) is 16.7 Å². The molecule has 34 heavy (non-hydrogen) atoms. The predicted molar refractivity (Wildman–Crippen MR) is 130 cm³/mol. The predicted octanol–water partition coefficient (Wildman–Crippen LogP) is 4.55. The number of imide groups is 1. The fourth-order valence-corrected chi connectivity index (χ4v) is 4.01. The molecule has 7 heteroatoms. The van der Waals surface area contributed by atoms with E-state index in [1.807, 2.05) is 39.0 Å². The molecular weight excluding hydrogens is 430 g/mol. The average Bonchev–Trinajstić information content (AvgIpc) is 3.04. The molecule has 1 aliphatic rings. The summed E-state index contributed by atoms with van der Waals surface area (Å²) < 4.78 is 0. The maximum absolute atomic E-state index is 13.2. The summed E-state index contributed by atoms with van der Waals surface area (Å²) in [6.45, 7) is 7.00. The number of carbonyl (C=O) groups excluding carboxylic acids is 4. The third-order valence-corrected chi connectivity index (χ3v) is 5.81. The van der Waals surface area contributed by atoms with Crippen LogP contribution in [-0.4, -0.2) is 23.6 Å². The number of hydrogen-bond acceptors (Lipinski definition) is 4. The van der Waals surface area contributed by atoms with Gasteiger partial charge in [0.25, 0.3) is 17.7 Å². The first-order chi connectivity index (χ1) is 16.2. The van der Waals surface area contributed by atoms with E-state index in [2.05, 4.69) is 10.6 Å². The molecule has 0 aliphatic carbocycles. The van der Waals surface area contributed by atoms with E-state index in [0.29, 0.717) is 11.4 Å². The van der Waals surface area contributed by atoms with Gasteiger partial charge >= 0.3 is 0 Å². The summed E-state index contributed by atoms with van der Waals surface area (Å²) in [7, 11) is 0. The van der Waals surface area contributed by atoms with Crippen LogP contribution in [0.4, 0.5) is 11.4 Å². The van der Waals surface area contributed by atoms with Crippen LogP contribution in [-0.2, 0) is 4.79 Å². The number of rotatable bonds is 5. The summed E-state index contributed by atoms with van der Waals surface area (Å²) >= 11 is 0. The second-order valence-electron chi connectivity index (χ2n) is 8.50. The van der Waals surface area contributed by atoms with Crippen LogP contribution in [0.5, 0.6) is 0 Å². The molecule has 0 fully saturated rings. The maximum Gasteiger partial charge on any atom is 0.266 e. The molecule has 0 spiro atoms. The zero-order valence-corrected chi connectivity index (χ0v) is 19.4. The monoisotopic (exact) mass is 455 g/mol. The van der Waals surface area contributed by atoms with Crippen LogP contribution >= 0.6 is 0 Å². The third-order valence-electron chi connectivity index (χ3n) is 5.81. The molecule has 4 amide bonds. The molecular formula is C27H25N3O4. The highest BCUT2D eigenvalue weighted by Gasteiger charge is 2.37. The van der Waals surface area contributed by atoms with E-state index in [9.17, 15) is 19.2 Å². The Bertz CT molecular complexity index is 1350. The van der Waals surface area contributed by atoms with E-state index in [4.69, 9.17) is 0 Å². The lowest BCUT2D eigenvalue weighted by molar-refractivity contribution is -0.114. The van der Waals surface area contributed by atoms with E-state index in [-0.39, 0.29) is 34.5 Å². The molecule has 1 heterocycles. The zero-order valence-electron chi connectivity index (χ0n) is 19.4. The lowest BCUT2D eigenvalue weighted by Gasteiger charge is -2.17. The second kappa shape index (κ2) is 8.94. The number of anilines is 2. The van der Waals surface area contributed by atoms with Crippen molar-refractivity contribution in [2.24, 2.45) is 0 Å². The summed E-state index contributed by atoms with van der Waals surface area (Å²) in [5.41, 5.74) is 4.52. The largest absolute Gasteiger partial charge is 0.346 e. The Morgan fingerprint density at radius 2 is 1.62 bits per heavy atom. The highest BCUT2D eigenvalue weighted by molar-refractivity contribution is 6.35. The molecule has 4 rings (SSSR count). The Hall–Kier alpha value is -4.26. The van der Waals surface area contributed by atoms with Gasteiger partial charge in [0.2, 0.25) is 5.91 Å². The zero-order chi connectivity index (χ0) is 24.6. The number of hydrogen-bond donors (Lipinski definition) is 2. The van der Waals surface area contributed by atoms with Gasteiger partial charge in [0.05, 0.1) is 22.9 Å². The van der Waals surface area contributed by atoms with Gasteiger partial charge in [-0.3, -0.25) is 19.2 Å². The molecule has 0 bridgehead atoms. The minimum atomic E-state index is -0.445. The van der Waals surface area contributed by atoms with Gasteiger partial charge < -0.3 is 10.6 Å². The molecule has 1 unspecified atom stereocenters. The van der Waals surface area contributed by atoms with Gasteiger partial charge in [-0.1, -0.05) is 24.3 Å². The van der Waals surface area contributed by atoms with Crippen molar-refractivity contribution in [1.82, 2.24) is 5.32 Å². The Kier molecular flexibility index (Phi) is 6.03. The highest BCUT2D eigenvalue weighted by atomic mass is 16.2. The number of carbonyl (C=O) groups is 4. The molecule has 0 saturated carbocycles. The summed E-state index contributed by atoms with van der Waals surface area (Å²) in [6, 6.07) is 17.0. The molecule has 7 nitrogen and oxygen atoms in total. The van der Waals surface area contributed by atoms with Crippen molar-refractivity contribution in [3.8, 4) is 0 Å². The van der Waals surface area contributed by atoms with Gasteiger partial charge in [-0.15, -0.1) is 0 Å². The molecule has 0 aromatic heterocycles. The second-order valence-corrected chi connectivity index (χ2v) is 8.50. The molecule has 1 aliphatic heterocycles. The average molecular weight is 456 g/mol. The maximum atomic E-state index is 13.2. The molecule has 3 aromatic carbocycles. The van der Waals surface area contributed by atoms with Crippen molar-refractivity contribution in [3.63, 3.8) is 0 Å². The number of aryl methyl sites for hydroxylation is 2. The minimum Gasteiger partial charge on any atom is -0.346 e. The van der Waals surface area contributed by atoms with E-state index >= 15 is 0 Å². The number of benzene rings is 3. The first kappa shape index (κ1) is 22.9. The highest BCUT2D eigenvalue weighted by Crippen LogP contribution is 2.32. The normalized spacial score (nSPS) is 13.5. The smallest absolute Gasteiger partial charge is 0.266 e. The number of amides is 4. The molecule has 2 N–H and O–H groups in total.